The zero-order valence-corrected chi connectivity index (χ0v) is 10.1. The molecule has 0 aliphatic rings. The molecule has 0 bridgehead atoms. The molecule has 6 nitrogen and oxygen atoms in total. The predicted molar refractivity (Wildman–Crippen MR) is 67.7 cm³/mol. The lowest BCUT2D eigenvalue weighted by Crippen LogP contribution is -1.88. The lowest BCUT2D eigenvalue weighted by Gasteiger charge is -1.93. The van der Waals surface area contributed by atoms with Crippen LogP contribution < -0.4 is 0 Å². The molecule has 2 heterocycles. The molecule has 17 heavy (non-hydrogen) atoms. The highest BCUT2D eigenvalue weighted by Gasteiger charge is 1.98. The van der Waals surface area contributed by atoms with Crippen molar-refractivity contribution in [1.29, 1.82) is 0 Å². The van der Waals surface area contributed by atoms with E-state index in [0.29, 0.717) is 11.8 Å². The van der Waals surface area contributed by atoms with Crippen LogP contribution in [0.1, 0.15) is 58.6 Å². The monoisotopic (exact) mass is 238 g/mol. The van der Waals surface area contributed by atoms with Crippen molar-refractivity contribution >= 4 is 0 Å². The summed E-state index contributed by atoms with van der Waals surface area (Å²) in [4.78, 5) is 7.90. The van der Waals surface area contributed by atoms with Gasteiger partial charge in [-0.3, -0.25) is 10.2 Å². The van der Waals surface area contributed by atoms with Crippen molar-refractivity contribution in [3.8, 4) is 0 Å². The number of aromatic amines is 2. The van der Waals surface area contributed by atoms with Crippen molar-refractivity contribution < 1.29 is 0 Å². The Balaban J connectivity index is 0.000000284. The molecule has 0 atom stereocenters. The van der Waals surface area contributed by atoms with E-state index in [2.05, 4.69) is 58.1 Å². The van der Waals surface area contributed by atoms with E-state index in [1.807, 2.05) is 0 Å². The van der Waals surface area contributed by atoms with Gasteiger partial charge in [-0.2, -0.15) is 10.2 Å². The average Bonchev–Trinajstić information content (AvgIpc) is 2.93. The van der Waals surface area contributed by atoms with E-state index in [0.717, 1.165) is 11.6 Å². The van der Waals surface area contributed by atoms with Crippen LogP contribution in [0.5, 0.6) is 0 Å². The number of nitrogens with zero attached hydrogens (tertiary/aromatic N) is 4. The zero-order valence-electron chi connectivity index (χ0n) is 10.1. The van der Waals surface area contributed by atoms with Gasteiger partial charge >= 0.3 is 0 Å². The second kappa shape index (κ2) is 7.54. The molecule has 6 heteroatoms. The van der Waals surface area contributed by atoms with Crippen molar-refractivity contribution in [2.24, 2.45) is 0 Å². The van der Waals surface area contributed by atoms with Crippen LogP contribution in [0, 0.1) is 0 Å². The predicted octanol–water partition coefficient (Wildman–Crippen LogP) is 2.49. The van der Waals surface area contributed by atoms with Crippen LogP contribution in [0.2, 0.25) is 0 Å². The lowest BCUT2D eigenvalue weighted by molar-refractivity contribution is 0.781. The Labute approximate surface area is 102 Å². The smallest absolute Gasteiger partial charge is 0.137 e. The molecular weight excluding hydrogens is 216 g/mol. The first-order valence-electron chi connectivity index (χ1n) is 5.31. The number of hydrogen-bond donors (Lipinski definition) is 2. The molecule has 0 saturated heterocycles. The first kappa shape index (κ1) is 15.3. The molecule has 0 aromatic carbocycles. The lowest BCUT2D eigenvalue weighted by atomic mass is 10.2. The number of rotatable bonds is 2. The fourth-order valence-electron chi connectivity index (χ4n) is 0.986. The van der Waals surface area contributed by atoms with Crippen molar-refractivity contribution in [1.82, 2.24) is 30.4 Å². The van der Waals surface area contributed by atoms with Gasteiger partial charge in [-0.05, 0) is 0 Å². The summed E-state index contributed by atoms with van der Waals surface area (Å²) >= 11 is 0. The summed E-state index contributed by atoms with van der Waals surface area (Å²) in [6, 6.07) is 0. The van der Waals surface area contributed by atoms with E-state index in [1.165, 1.54) is 12.7 Å². The molecule has 2 rings (SSSR count). The quantitative estimate of drug-likeness (QED) is 0.842. The van der Waals surface area contributed by atoms with Gasteiger partial charge in [-0.15, -0.1) is 0 Å². The molecule has 0 unspecified atom stereocenters. The first-order valence-corrected chi connectivity index (χ1v) is 5.31. The highest BCUT2D eigenvalue weighted by Crippen LogP contribution is 2.04. The van der Waals surface area contributed by atoms with Gasteiger partial charge in [0.1, 0.15) is 24.3 Å². The Bertz CT molecular complexity index is 324. The van der Waals surface area contributed by atoms with Gasteiger partial charge in [-0.25, -0.2) is 9.97 Å². The molecule has 0 radical (unpaired) electrons. The Hall–Kier alpha value is -1.72. The largest absolute Gasteiger partial charge is 0.263 e. The topological polar surface area (TPSA) is 83.1 Å². The second-order valence-electron chi connectivity index (χ2n) is 4.05. The van der Waals surface area contributed by atoms with Gasteiger partial charge in [0.05, 0.1) is 0 Å². The maximum atomic E-state index is 3.95. The van der Waals surface area contributed by atoms with Crippen LogP contribution >= 0.6 is 0 Å². The molecule has 0 amide bonds. The van der Waals surface area contributed by atoms with Crippen LogP contribution in [-0.4, -0.2) is 30.4 Å². The van der Waals surface area contributed by atoms with Crippen LogP contribution in [0.25, 0.3) is 0 Å². The number of nitrogens with one attached hydrogen (secondary N) is 2. The Morgan fingerprint density at radius 1 is 0.824 bits per heavy atom. The summed E-state index contributed by atoms with van der Waals surface area (Å²) in [6.07, 6.45) is 3.05. The SMILES string of the molecule is C.CC(C)c1ncn[nH]1.CC(C)c1ncn[nH]1. The normalized spacial score (nSPS) is 9.76. The first-order chi connectivity index (χ1) is 7.61. The molecule has 0 spiro atoms. The van der Waals surface area contributed by atoms with Crippen molar-refractivity contribution in [3.05, 3.63) is 24.3 Å². The van der Waals surface area contributed by atoms with E-state index in [9.17, 15) is 0 Å². The van der Waals surface area contributed by atoms with Crippen molar-refractivity contribution in [2.75, 3.05) is 0 Å². The fraction of sp³-hybridized carbons (Fsp3) is 0.636. The fourth-order valence-corrected chi connectivity index (χ4v) is 0.986. The molecule has 2 aromatic heterocycles. The zero-order chi connectivity index (χ0) is 12.0. The third-order valence-electron chi connectivity index (χ3n) is 1.96. The minimum atomic E-state index is 0. The van der Waals surface area contributed by atoms with E-state index in [-0.39, 0.29) is 7.43 Å². The number of hydrogen-bond acceptors (Lipinski definition) is 4. The summed E-state index contributed by atoms with van der Waals surface area (Å²) in [5.41, 5.74) is 0. The minimum Gasteiger partial charge on any atom is -0.263 e. The number of H-pyrrole nitrogens is 2. The molecule has 0 fully saturated rings. The molecule has 0 aliphatic heterocycles. The van der Waals surface area contributed by atoms with E-state index in [1.54, 1.807) is 0 Å². The molecule has 0 saturated carbocycles. The summed E-state index contributed by atoms with van der Waals surface area (Å²) in [6.45, 7) is 8.28. The van der Waals surface area contributed by atoms with Crippen molar-refractivity contribution in [2.45, 2.75) is 47.0 Å². The second-order valence-corrected chi connectivity index (χ2v) is 4.05. The highest BCUT2D eigenvalue weighted by molar-refractivity contribution is 4.87. The van der Waals surface area contributed by atoms with Gasteiger partial charge in [0.25, 0.3) is 0 Å². The van der Waals surface area contributed by atoms with E-state index in [4.69, 9.17) is 0 Å². The van der Waals surface area contributed by atoms with E-state index < -0.39 is 0 Å². The van der Waals surface area contributed by atoms with Crippen molar-refractivity contribution in [3.63, 3.8) is 0 Å². The third kappa shape index (κ3) is 5.24. The van der Waals surface area contributed by atoms with Crippen LogP contribution in [0.3, 0.4) is 0 Å². The summed E-state index contributed by atoms with van der Waals surface area (Å²) in [5, 5.41) is 13.0. The summed E-state index contributed by atoms with van der Waals surface area (Å²) < 4.78 is 0. The van der Waals surface area contributed by atoms with Crippen LogP contribution in [-0.2, 0) is 0 Å². The average molecular weight is 238 g/mol. The van der Waals surface area contributed by atoms with Crippen LogP contribution in [0.15, 0.2) is 12.7 Å². The van der Waals surface area contributed by atoms with Crippen LogP contribution in [0.4, 0.5) is 0 Å². The molecule has 0 aliphatic carbocycles. The Morgan fingerprint density at radius 3 is 1.29 bits per heavy atom. The summed E-state index contributed by atoms with van der Waals surface area (Å²) in [7, 11) is 0. The molecule has 2 N–H and O–H groups in total. The van der Waals surface area contributed by atoms with Gasteiger partial charge in [0.15, 0.2) is 0 Å². The Morgan fingerprint density at radius 2 is 1.18 bits per heavy atom. The summed E-state index contributed by atoms with van der Waals surface area (Å²) in [5.74, 6) is 2.81. The number of aromatic nitrogens is 6. The molecular formula is C11H22N6. The van der Waals surface area contributed by atoms with Gasteiger partial charge < -0.3 is 0 Å². The highest BCUT2D eigenvalue weighted by atomic mass is 15.2. The Kier molecular flexibility index (Phi) is 6.77. The molecule has 96 valence electrons. The molecule has 2 aromatic rings. The minimum absolute atomic E-state index is 0. The maximum absolute atomic E-state index is 3.95. The van der Waals surface area contributed by atoms with Gasteiger partial charge in [-0.1, -0.05) is 35.1 Å². The van der Waals surface area contributed by atoms with Gasteiger partial charge in [0.2, 0.25) is 0 Å². The van der Waals surface area contributed by atoms with Gasteiger partial charge in [0, 0.05) is 11.8 Å². The standard InChI is InChI=1S/2C5H9N3.CH4/c2*1-4(2)5-6-3-7-8-5;/h2*3-4H,1-2H3,(H,6,7,8);1H4. The maximum Gasteiger partial charge on any atom is 0.137 e. The third-order valence-corrected chi connectivity index (χ3v) is 1.96. The van der Waals surface area contributed by atoms with E-state index >= 15 is 0 Å².